The molecule has 3 heteroatoms. The average Bonchev–Trinajstić information content (AvgIpc) is 2.69. The molecule has 0 aliphatic heterocycles. The topological polar surface area (TPSA) is 32.3 Å². The van der Waals surface area contributed by atoms with Gasteiger partial charge in [-0.1, -0.05) is 12.8 Å². The number of amides is 1. The summed E-state index contributed by atoms with van der Waals surface area (Å²) in [5, 5.41) is 3.04. The second-order valence-corrected chi connectivity index (χ2v) is 4.78. The van der Waals surface area contributed by atoms with Crippen LogP contribution in [0.1, 0.15) is 38.5 Å². The molecular formula is C12H24N2O. The van der Waals surface area contributed by atoms with Gasteiger partial charge in [0.25, 0.3) is 0 Å². The van der Waals surface area contributed by atoms with E-state index in [0.29, 0.717) is 5.92 Å². The fraction of sp³-hybridized carbons (Fsp3) is 0.917. The van der Waals surface area contributed by atoms with E-state index in [1.54, 1.807) is 0 Å². The number of carbonyl (C=O) groups excluding carboxylic acids is 1. The Morgan fingerprint density at radius 3 is 2.53 bits per heavy atom. The SMILES string of the molecule is CN(C)CCCCNC(=O)C1CCCC1. The third kappa shape index (κ3) is 5.17. The third-order valence-electron chi connectivity index (χ3n) is 3.06. The standard InChI is InChI=1S/C12H24N2O/c1-14(2)10-6-5-9-13-12(15)11-7-3-4-8-11/h11H,3-10H2,1-2H3,(H,13,15). The molecule has 0 saturated heterocycles. The summed E-state index contributed by atoms with van der Waals surface area (Å²) in [6.45, 7) is 1.96. The van der Waals surface area contributed by atoms with Crippen LogP contribution < -0.4 is 5.32 Å². The molecule has 3 nitrogen and oxygen atoms in total. The third-order valence-corrected chi connectivity index (χ3v) is 3.06. The Morgan fingerprint density at radius 1 is 1.27 bits per heavy atom. The zero-order chi connectivity index (χ0) is 11.1. The van der Waals surface area contributed by atoms with Gasteiger partial charge < -0.3 is 10.2 Å². The van der Waals surface area contributed by atoms with Crippen LogP contribution in [0.3, 0.4) is 0 Å². The fourth-order valence-corrected chi connectivity index (χ4v) is 2.10. The first-order chi connectivity index (χ1) is 7.20. The number of carbonyl (C=O) groups is 1. The van der Waals surface area contributed by atoms with Crippen molar-refractivity contribution >= 4 is 5.91 Å². The van der Waals surface area contributed by atoms with Crippen molar-refractivity contribution in [1.29, 1.82) is 0 Å². The summed E-state index contributed by atoms with van der Waals surface area (Å²) >= 11 is 0. The van der Waals surface area contributed by atoms with Crippen LogP contribution in [0.15, 0.2) is 0 Å². The van der Waals surface area contributed by atoms with Gasteiger partial charge >= 0.3 is 0 Å². The van der Waals surface area contributed by atoms with E-state index in [-0.39, 0.29) is 5.91 Å². The Bertz CT molecular complexity index is 186. The Hall–Kier alpha value is -0.570. The van der Waals surface area contributed by atoms with Gasteiger partial charge in [-0.05, 0) is 46.3 Å². The molecule has 0 aromatic heterocycles. The fourth-order valence-electron chi connectivity index (χ4n) is 2.10. The Morgan fingerprint density at radius 2 is 1.93 bits per heavy atom. The summed E-state index contributed by atoms with van der Waals surface area (Å²) < 4.78 is 0. The monoisotopic (exact) mass is 212 g/mol. The van der Waals surface area contributed by atoms with Gasteiger partial charge in [0.05, 0.1) is 0 Å². The largest absolute Gasteiger partial charge is 0.356 e. The lowest BCUT2D eigenvalue weighted by Gasteiger charge is -2.11. The first-order valence-electron chi connectivity index (χ1n) is 6.12. The summed E-state index contributed by atoms with van der Waals surface area (Å²) in [6.07, 6.45) is 6.93. The summed E-state index contributed by atoms with van der Waals surface area (Å²) in [5.74, 6) is 0.608. The molecule has 1 saturated carbocycles. The smallest absolute Gasteiger partial charge is 0.223 e. The molecule has 1 rings (SSSR count). The normalized spacial score (nSPS) is 17.3. The average molecular weight is 212 g/mol. The van der Waals surface area contributed by atoms with E-state index in [9.17, 15) is 4.79 Å². The van der Waals surface area contributed by atoms with Crippen LogP contribution in [0.2, 0.25) is 0 Å². The Balaban J connectivity index is 1.97. The maximum Gasteiger partial charge on any atom is 0.223 e. The molecule has 0 heterocycles. The minimum absolute atomic E-state index is 0.289. The number of hydrogen-bond donors (Lipinski definition) is 1. The van der Waals surface area contributed by atoms with Gasteiger partial charge in [0, 0.05) is 12.5 Å². The molecule has 0 spiro atoms. The highest BCUT2D eigenvalue weighted by molar-refractivity contribution is 5.78. The van der Waals surface area contributed by atoms with Gasteiger partial charge in [0.15, 0.2) is 0 Å². The highest BCUT2D eigenvalue weighted by Crippen LogP contribution is 2.24. The lowest BCUT2D eigenvalue weighted by Crippen LogP contribution is -2.30. The molecule has 0 bridgehead atoms. The summed E-state index contributed by atoms with van der Waals surface area (Å²) in [7, 11) is 4.16. The van der Waals surface area contributed by atoms with Crippen molar-refractivity contribution in [3.8, 4) is 0 Å². The van der Waals surface area contributed by atoms with Gasteiger partial charge in [-0.3, -0.25) is 4.79 Å². The Kier molecular flexibility index (Phi) is 5.69. The highest BCUT2D eigenvalue weighted by Gasteiger charge is 2.21. The first-order valence-corrected chi connectivity index (χ1v) is 6.12. The van der Waals surface area contributed by atoms with Gasteiger partial charge in [-0.15, -0.1) is 0 Å². The van der Waals surface area contributed by atoms with Gasteiger partial charge in [0.1, 0.15) is 0 Å². The maximum absolute atomic E-state index is 11.6. The molecule has 15 heavy (non-hydrogen) atoms. The number of nitrogens with one attached hydrogen (secondary N) is 1. The van der Waals surface area contributed by atoms with Crippen LogP contribution in [0.4, 0.5) is 0 Å². The van der Waals surface area contributed by atoms with E-state index in [1.807, 2.05) is 0 Å². The second-order valence-electron chi connectivity index (χ2n) is 4.78. The van der Waals surface area contributed by atoms with E-state index in [0.717, 1.165) is 38.8 Å². The second kappa shape index (κ2) is 6.83. The molecule has 1 N–H and O–H groups in total. The van der Waals surface area contributed by atoms with E-state index in [1.165, 1.54) is 12.8 Å². The van der Waals surface area contributed by atoms with Gasteiger partial charge in [-0.2, -0.15) is 0 Å². The Labute approximate surface area is 93.2 Å². The van der Waals surface area contributed by atoms with Crippen LogP contribution >= 0.6 is 0 Å². The number of rotatable bonds is 6. The van der Waals surface area contributed by atoms with Gasteiger partial charge in [-0.25, -0.2) is 0 Å². The lowest BCUT2D eigenvalue weighted by atomic mass is 10.1. The number of nitrogens with zero attached hydrogens (tertiary/aromatic N) is 1. The highest BCUT2D eigenvalue weighted by atomic mass is 16.1. The summed E-state index contributed by atoms with van der Waals surface area (Å²) in [5.41, 5.74) is 0. The summed E-state index contributed by atoms with van der Waals surface area (Å²) in [4.78, 5) is 13.8. The van der Waals surface area contributed by atoms with Gasteiger partial charge in [0.2, 0.25) is 5.91 Å². The zero-order valence-electron chi connectivity index (χ0n) is 10.1. The maximum atomic E-state index is 11.6. The van der Waals surface area contributed by atoms with Crippen LogP contribution in [0.25, 0.3) is 0 Å². The van der Waals surface area contributed by atoms with Crippen LogP contribution in [-0.2, 0) is 4.79 Å². The van der Waals surface area contributed by atoms with Crippen LogP contribution in [0.5, 0.6) is 0 Å². The van der Waals surface area contributed by atoms with Crippen molar-refractivity contribution in [2.75, 3.05) is 27.2 Å². The molecular weight excluding hydrogens is 188 g/mol. The van der Waals surface area contributed by atoms with Crippen molar-refractivity contribution in [2.45, 2.75) is 38.5 Å². The summed E-state index contributed by atoms with van der Waals surface area (Å²) in [6, 6.07) is 0. The predicted octanol–water partition coefficient (Wildman–Crippen LogP) is 1.63. The molecule has 88 valence electrons. The lowest BCUT2D eigenvalue weighted by molar-refractivity contribution is -0.124. The van der Waals surface area contributed by atoms with Crippen molar-refractivity contribution in [3.05, 3.63) is 0 Å². The number of unbranched alkanes of at least 4 members (excludes halogenated alkanes) is 1. The van der Waals surface area contributed by atoms with Crippen molar-refractivity contribution < 1.29 is 4.79 Å². The molecule has 0 aromatic rings. The van der Waals surface area contributed by atoms with Crippen molar-refractivity contribution in [3.63, 3.8) is 0 Å². The molecule has 1 fully saturated rings. The molecule has 1 amide bonds. The molecule has 1 aliphatic carbocycles. The molecule has 0 atom stereocenters. The minimum atomic E-state index is 0.289. The van der Waals surface area contributed by atoms with E-state index in [4.69, 9.17) is 0 Å². The molecule has 0 radical (unpaired) electrons. The zero-order valence-corrected chi connectivity index (χ0v) is 10.1. The van der Waals surface area contributed by atoms with E-state index >= 15 is 0 Å². The number of hydrogen-bond acceptors (Lipinski definition) is 2. The van der Waals surface area contributed by atoms with E-state index in [2.05, 4.69) is 24.3 Å². The van der Waals surface area contributed by atoms with Crippen LogP contribution in [-0.4, -0.2) is 38.0 Å². The van der Waals surface area contributed by atoms with Crippen LogP contribution in [0, 0.1) is 5.92 Å². The first kappa shape index (κ1) is 12.5. The van der Waals surface area contributed by atoms with E-state index < -0.39 is 0 Å². The van der Waals surface area contributed by atoms with Crippen molar-refractivity contribution in [2.24, 2.45) is 5.92 Å². The quantitative estimate of drug-likeness (QED) is 0.679. The molecule has 0 unspecified atom stereocenters. The predicted molar refractivity (Wildman–Crippen MR) is 62.8 cm³/mol. The minimum Gasteiger partial charge on any atom is -0.356 e. The molecule has 0 aromatic carbocycles. The molecule has 1 aliphatic rings. The van der Waals surface area contributed by atoms with Crippen molar-refractivity contribution in [1.82, 2.24) is 10.2 Å².